The van der Waals surface area contributed by atoms with Crippen LogP contribution in [0, 0.1) is 6.92 Å². The summed E-state index contributed by atoms with van der Waals surface area (Å²) in [6.07, 6.45) is 1.08. The Balaban J connectivity index is 1.94. The Hall–Kier alpha value is -1.28. The first kappa shape index (κ1) is 11.2. The molecule has 84 valence electrons. The molecule has 1 unspecified atom stereocenters. The predicted octanol–water partition coefficient (Wildman–Crippen LogP) is 4.10. The van der Waals surface area contributed by atoms with Gasteiger partial charge in [-0.05, 0) is 60.4 Å². The van der Waals surface area contributed by atoms with Crippen LogP contribution in [0.15, 0.2) is 41.1 Å². The van der Waals surface area contributed by atoms with Gasteiger partial charge >= 0.3 is 0 Å². The van der Waals surface area contributed by atoms with Crippen LogP contribution in [0.3, 0.4) is 0 Å². The standard InChI is InChI=1S/C14H17NS/c1-11-4-3-5-14(8-11)15-12(2)9-13-6-7-16-10-13/h3-8,10,12,15H,9H2,1-2H3. The van der Waals surface area contributed by atoms with Crippen molar-refractivity contribution in [1.82, 2.24) is 0 Å². The molecule has 0 bridgehead atoms. The van der Waals surface area contributed by atoms with E-state index in [1.54, 1.807) is 11.3 Å². The molecule has 1 aromatic heterocycles. The van der Waals surface area contributed by atoms with Gasteiger partial charge < -0.3 is 5.32 Å². The quantitative estimate of drug-likeness (QED) is 0.835. The zero-order valence-corrected chi connectivity index (χ0v) is 10.6. The van der Waals surface area contributed by atoms with Crippen LogP contribution in [0.25, 0.3) is 0 Å². The van der Waals surface area contributed by atoms with E-state index in [9.17, 15) is 0 Å². The van der Waals surface area contributed by atoms with Crippen LogP contribution < -0.4 is 5.32 Å². The van der Waals surface area contributed by atoms with Crippen LogP contribution in [0.1, 0.15) is 18.1 Å². The summed E-state index contributed by atoms with van der Waals surface area (Å²) in [5, 5.41) is 7.88. The lowest BCUT2D eigenvalue weighted by molar-refractivity contribution is 0.792. The average molecular weight is 231 g/mol. The van der Waals surface area contributed by atoms with Gasteiger partial charge in [-0.3, -0.25) is 0 Å². The summed E-state index contributed by atoms with van der Waals surface area (Å²) in [7, 11) is 0. The first-order valence-corrected chi connectivity index (χ1v) is 6.52. The Bertz CT molecular complexity index is 434. The van der Waals surface area contributed by atoms with Crippen LogP contribution in [-0.4, -0.2) is 6.04 Å². The Kier molecular flexibility index (Phi) is 3.62. The molecule has 2 heteroatoms. The molecule has 1 atom stereocenters. The number of nitrogens with one attached hydrogen (secondary N) is 1. The van der Waals surface area contributed by atoms with E-state index >= 15 is 0 Å². The van der Waals surface area contributed by atoms with Crippen LogP contribution in [0.2, 0.25) is 0 Å². The van der Waals surface area contributed by atoms with Gasteiger partial charge in [0.25, 0.3) is 0 Å². The zero-order chi connectivity index (χ0) is 11.4. The highest BCUT2D eigenvalue weighted by atomic mass is 32.1. The van der Waals surface area contributed by atoms with Crippen molar-refractivity contribution in [1.29, 1.82) is 0 Å². The lowest BCUT2D eigenvalue weighted by Crippen LogP contribution is -2.17. The molecule has 0 aliphatic rings. The number of aryl methyl sites for hydroxylation is 1. The van der Waals surface area contributed by atoms with E-state index in [1.807, 2.05) is 0 Å². The number of anilines is 1. The smallest absolute Gasteiger partial charge is 0.0344 e. The number of hydrogen-bond acceptors (Lipinski definition) is 2. The molecule has 0 fully saturated rings. The third kappa shape index (κ3) is 3.11. The van der Waals surface area contributed by atoms with Crippen LogP contribution in [0.4, 0.5) is 5.69 Å². The summed E-state index contributed by atoms with van der Waals surface area (Å²) in [5.74, 6) is 0. The molecule has 1 N–H and O–H groups in total. The fourth-order valence-electron chi connectivity index (χ4n) is 1.83. The minimum absolute atomic E-state index is 0.469. The second-order valence-electron chi connectivity index (χ2n) is 4.25. The zero-order valence-electron chi connectivity index (χ0n) is 9.73. The second-order valence-corrected chi connectivity index (χ2v) is 5.03. The van der Waals surface area contributed by atoms with E-state index in [4.69, 9.17) is 0 Å². The molecule has 0 aliphatic carbocycles. The molecule has 0 saturated carbocycles. The molecular formula is C14H17NS. The highest BCUT2D eigenvalue weighted by Crippen LogP contribution is 2.14. The van der Waals surface area contributed by atoms with Gasteiger partial charge in [0.2, 0.25) is 0 Å². The number of benzene rings is 1. The Morgan fingerprint density at radius 3 is 2.88 bits per heavy atom. The lowest BCUT2D eigenvalue weighted by atomic mass is 10.1. The topological polar surface area (TPSA) is 12.0 Å². The van der Waals surface area contributed by atoms with Crippen molar-refractivity contribution in [2.75, 3.05) is 5.32 Å². The van der Waals surface area contributed by atoms with Gasteiger partial charge in [-0.25, -0.2) is 0 Å². The monoisotopic (exact) mass is 231 g/mol. The minimum atomic E-state index is 0.469. The van der Waals surface area contributed by atoms with E-state index in [0.717, 1.165) is 6.42 Å². The van der Waals surface area contributed by atoms with E-state index < -0.39 is 0 Å². The molecule has 0 aliphatic heterocycles. The van der Waals surface area contributed by atoms with Gasteiger partial charge in [0.15, 0.2) is 0 Å². The molecular weight excluding hydrogens is 214 g/mol. The Morgan fingerprint density at radius 1 is 1.31 bits per heavy atom. The van der Waals surface area contributed by atoms with Crippen molar-refractivity contribution in [2.24, 2.45) is 0 Å². The van der Waals surface area contributed by atoms with E-state index in [0.29, 0.717) is 6.04 Å². The summed E-state index contributed by atoms with van der Waals surface area (Å²) in [5.41, 5.74) is 3.92. The molecule has 2 rings (SSSR count). The van der Waals surface area contributed by atoms with Crippen molar-refractivity contribution >= 4 is 17.0 Å². The van der Waals surface area contributed by atoms with Gasteiger partial charge in [-0.2, -0.15) is 11.3 Å². The maximum atomic E-state index is 3.53. The molecule has 0 saturated heterocycles. The summed E-state index contributed by atoms with van der Waals surface area (Å²) < 4.78 is 0. The van der Waals surface area contributed by atoms with Crippen molar-refractivity contribution < 1.29 is 0 Å². The summed E-state index contributed by atoms with van der Waals surface area (Å²) in [4.78, 5) is 0. The van der Waals surface area contributed by atoms with Crippen LogP contribution in [0.5, 0.6) is 0 Å². The molecule has 0 amide bonds. The van der Waals surface area contributed by atoms with E-state index in [2.05, 4.69) is 60.3 Å². The van der Waals surface area contributed by atoms with Gasteiger partial charge in [-0.15, -0.1) is 0 Å². The third-order valence-electron chi connectivity index (χ3n) is 2.55. The van der Waals surface area contributed by atoms with Gasteiger partial charge in [0.1, 0.15) is 0 Å². The normalized spacial score (nSPS) is 12.4. The van der Waals surface area contributed by atoms with Crippen LogP contribution >= 0.6 is 11.3 Å². The molecule has 16 heavy (non-hydrogen) atoms. The fourth-order valence-corrected chi connectivity index (χ4v) is 2.51. The second kappa shape index (κ2) is 5.17. The molecule has 0 spiro atoms. The number of hydrogen-bond donors (Lipinski definition) is 1. The highest BCUT2D eigenvalue weighted by molar-refractivity contribution is 7.07. The lowest BCUT2D eigenvalue weighted by Gasteiger charge is -2.14. The Labute approximate surface area is 101 Å². The summed E-state index contributed by atoms with van der Waals surface area (Å²) in [6.45, 7) is 4.34. The number of thiophene rings is 1. The van der Waals surface area contributed by atoms with E-state index in [1.165, 1.54) is 16.8 Å². The van der Waals surface area contributed by atoms with Crippen molar-refractivity contribution in [3.8, 4) is 0 Å². The largest absolute Gasteiger partial charge is 0.382 e. The number of rotatable bonds is 4. The maximum Gasteiger partial charge on any atom is 0.0344 e. The van der Waals surface area contributed by atoms with Gasteiger partial charge in [0, 0.05) is 11.7 Å². The van der Waals surface area contributed by atoms with E-state index in [-0.39, 0.29) is 0 Å². The van der Waals surface area contributed by atoms with Crippen molar-refractivity contribution in [3.05, 3.63) is 52.2 Å². The summed E-state index contributed by atoms with van der Waals surface area (Å²) >= 11 is 1.76. The van der Waals surface area contributed by atoms with Crippen molar-refractivity contribution in [3.63, 3.8) is 0 Å². The highest BCUT2D eigenvalue weighted by Gasteiger charge is 2.03. The summed E-state index contributed by atoms with van der Waals surface area (Å²) in [6, 6.07) is 11.2. The van der Waals surface area contributed by atoms with Gasteiger partial charge in [-0.1, -0.05) is 12.1 Å². The molecule has 2 aromatic rings. The third-order valence-corrected chi connectivity index (χ3v) is 3.29. The average Bonchev–Trinajstić information content (AvgIpc) is 2.70. The minimum Gasteiger partial charge on any atom is -0.382 e. The molecule has 1 heterocycles. The Morgan fingerprint density at radius 2 is 2.19 bits per heavy atom. The first-order valence-electron chi connectivity index (χ1n) is 5.58. The molecule has 0 radical (unpaired) electrons. The molecule has 1 nitrogen and oxygen atoms in total. The van der Waals surface area contributed by atoms with Crippen molar-refractivity contribution in [2.45, 2.75) is 26.3 Å². The van der Waals surface area contributed by atoms with Crippen LogP contribution in [-0.2, 0) is 6.42 Å². The SMILES string of the molecule is Cc1cccc(NC(C)Cc2ccsc2)c1. The predicted molar refractivity (Wildman–Crippen MR) is 72.3 cm³/mol. The fraction of sp³-hybridized carbons (Fsp3) is 0.286. The van der Waals surface area contributed by atoms with Gasteiger partial charge in [0.05, 0.1) is 0 Å². The first-order chi connectivity index (χ1) is 7.74. The molecule has 1 aromatic carbocycles. The maximum absolute atomic E-state index is 3.53.